The lowest BCUT2D eigenvalue weighted by molar-refractivity contribution is 1.00. The number of hydrogen-bond donors (Lipinski definition) is 1. The molecule has 0 radical (unpaired) electrons. The van der Waals surface area contributed by atoms with Gasteiger partial charge >= 0.3 is 0 Å². The summed E-state index contributed by atoms with van der Waals surface area (Å²) < 4.78 is 1.36. The van der Waals surface area contributed by atoms with E-state index < -0.39 is 0 Å². The van der Waals surface area contributed by atoms with Crippen molar-refractivity contribution in [2.24, 2.45) is 5.73 Å². The topological polar surface area (TPSA) is 26.0 Å². The summed E-state index contributed by atoms with van der Waals surface area (Å²) in [5.41, 5.74) is 8.28. The molecule has 70 valence electrons. The van der Waals surface area contributed by atoms with Crippen molar-refractivity contribution in [1.82, 2.24) is 0 Å². The molecule has 2 heteroatoms. The fourth-order valence-electron chi connectivity index (χ4n) is 2.05. The fourth-order valence-corrected chi connectivity index (χ4v) is 3.29. The number of nitrogens with two attached hydrogens (primary N) is 1. The smallest absolute Gasteiger partial charge is 0.0364 e. The van der Waals surface area contributed by atoms with Gasteiger partial charge in [0.15, 0.2) is 0 Å². The van der Waals surface area contributed by atoms with E-state index in [0.717, 1.165) is 18.5 Å². The SMILES string of the molecule is NC1=CCCc2sc3ccccc3c21. The molecular formula is C12H11NS. The summed E-state index contributed by atoms with van der Waals surface area (Å²) in [6.07, 6.45) is 4.38. The molecule has 2 N–H and O–H groups in total. The molecule has 0 saturated carbocycles. The number of aryl methyl sites for hydroxylation is 1. The van der Waals surface area contributed by atoms with Crippen LogP contribution in [0.2, 0.25) is 0 Å². The van der Waals surface area contributed by atoms with Crippen LogP contribution in [0.3, 0.4) is 0 Å². The number of rotatable bonds is 0. The molecule has 14 heavy (non-hydrogen) atoms. The Morgan fingerprint density at radius 2 is 2.07 bits per heavy atom. The molecule has 0 bridgehead atoms. The summed E-state index contributed by atoms with van der Waals surface area (Å²) in [6.45, 7) is 0. The predicted octanol–water partition coefficient (Wildman–Crippen LogP) is 3.15. The van der Waals surface area contributed by atoms with Crippen LogP contribution >= 0.6 is 11.3 Å². The monoisotopic (exact) mass is 201 g/mol. The van der Waals surface area contributed by atoms with Gasteiger partial charge in [0.1, 0.15) is 0 Å². The normalized spacial score (nSPS) is 15.3. The third-order valence-corrected chi connectivity index (χ3v) is 3.92. The summed E-state index contributed by atoms with van der Waals surface area (Å²) in [5, 5.41) is 1.32. The standard InChI is InChI=1S/C12H11NS/c13-9-5-3-7-11-12(9)8-4-1-2-6-10(8)14-11/h1-2,4-6H,3,7,13H2. The molecule has 0 atom stereocenters. The predicted molar refractivity (Wildman–Crippen MR) is 62.3 cm³/mol. The van der Waals surface area contributed by atoms with Gasteiger partial charge in [0, 0.05) is 26.2 Å². The van der Waals surface area contributed by atoms with Crippen LogP contribution in [-0.2, 0) is 6.42 Å². The molecule has 0 amide bonds. The van der Waals surface area contributed by atoms with E-state index in [2.05, 4.69) is 30.3 Å². The van der Waals surface area contributed by atoms with Gasteiger partial charge < -0.3 is 5.73 Å². The first-order valence-corrected chi connectivity index (χ1v) is 5.64. The van der Waals surface area contributed by atoms with Crippen molar-refractivity contribution in [2.45, 2.75) is 12.8 Å². The summed E-state index contributed by atoms with van der Waals surface area (Å²) in [4.78, 5) is 1.45. The number of thiophene rings is 1. The average Bonchev–Trinajstić information content (AvgIpc) is 2.57. The molecule has 1 heterocycles. The maximum atomic E-state index is 6.02. The highest BCUT2D eigenvalue weighted by atomic mass is 32.1. The van der Waals surface area contributed by atoms with Gasteiger partial charge in [-0.1, -0.05) is 24.3 Å². The van der Waals surface area contributed by atoms with Gasteiger partial charge in [0.2, 0.25) is 0 Å². The van der Waals surface area contributed by atoms with Crippen molar-refractivity contribution in [1.29, 1.82) is 0 Å². The van der Waals surface area contributed by atoms with E-state index in [-0.39, 0.29) is 0 Å². The second kappa shape index (κ2) is 2.85. The molecule has 2 aromatic rings. The van der Waals surface area contributed by atoms with Gasteiger partial charge in [-0.2, -0.15) is 0 Å². The quantitative estimate of drug-likeness (QED) is 0.696. The lowest BCUT2D eigenvalue weighted by atomic mass is 10.00. The van der Waals surface area contributed by atoms with Crippen LogP contribution < -0.4 is 5.73 Å². The van der Waals surface area contributed by atoms with Gasteiger partial charge in [-0.25, -0.2) is 0 Å². The molecular weight excluding hydrogens is 190 g/mol. The van der Waals surface area contributed by atoms with Crippen molar-refractivity contribution in [2.75, 3.05) is 0 Å². The number of benzene rings is 1. The molecule has 1 aliphatic carbocycles. The van der Waals surface area contributed by atoms with E-state index in [4.69, 9.17) is 5.73 Å². The van der Waals surface area contributed by atoms with Crippen LogP contribution in [0.4, 0.5) is 0 Å². The van der Waals surface area contributed by atoms with E-state index >= 15 is 0 Å². The number of fused-ring (bicyclic) bond motifs is 3. The molecule has 1 aromatic heterocycles. The molecule has 3 rings (SSSR count). The molecule has 1 nitrogen and oxygen atoms in total. The molecule has 0 saturated heterocycles. The minimum atomic E-state index is 0.962. The number of hydrogen-bond acceptors (Lipinski definition) is 2. The third-order valence-electron chi connectivity index (χ3n) is 2.69. The number of allylic oxidation sites excluding steroid dienone is 1. The maximum absolute atomic E-state index is 6.02. The first kappa shape index (κ1) is 8.06. The molecule has 0 unspecified atom stereocenters. The second-order valence-corrected chi connectivity index (χ2v) is 4.73. The Balaban J connectivity index is 2.42. The van der Waals surface area contributed by atoms with Crippen molar-refractivity contribution >= 4 is 27.1 Å². The highest BCUT2D eigenvalue weighted by Crippen LogP contribution is 2.37. The van der Waals surface area contributed by atoms with E-state index in [1.165, 1.54) is 20.5 Å². The van der Waals surface area contributed by atoms with Crippen LogP contribution in [0.15, 0.2) is 30.3 Å². The highest BCUT2D eigenvalue weighted by molar-refractivity contribution is 7.19. The van der Waals surface area contributed by atoms with Crippen LogP contribution in [0.5, 0.6) is 0 Å². The average molecular weight is 201 g/mol. The van der Waals surface area contributed by atoms with Gasteiger partial charge in [-0.05, 0) is 18.9 Å². The molecule has 0 spiro atoms. The van der Waals surface area contributed by atoms with Crippen molar-refractivity contribution < 1.29 is 0 Å². The largest absolute Gasteiger partial charge is 0.398 e. The lowest BCUT2D eigenvalue weighted by Gasteiger charge is -2.09. The fraction of sp³-hybridized carbons (Fsp3) is 0.167. The Morgan fingerprint density at radius 3 is 3.00 bits per heavy atom. The van der Waals surface area contributed by atoms with Crippen LogP contribution in [0.1, 0.15) is 16.9 Å². The second-order valence-electron chi connectivity index (χ2n) is 3.59. The molecule has 0 aliphatic heterocycles. The summed E-state index contributed by atoms with van der Waals surface area (Å²) in [5.74, 6) is 0. The highest BCUT2D eigenvalue weighted by Gasteiger charge is 2.16. The Labute approximate surface area is 86.9 Å². The lowest BCUT2D eigenvalue weighted by Crippen LogP contribution is -2.02. The van der Waals surface area contributed by atoms with Gasteiger partial charge in [0.25, 0.3) is 0 Å². The maximum Gasteiger partial charge on any atom is 0.0364 e. The van der Waals surface area contributed by atoms with Gasteiger partial charge in [-0.15, -0.1) is 11.3 Å². The molecule has 1 aliphatic rings. The minimum absolute atomic E-state index is 0.962. The first-order chi connectivity index (χ1) is 6.86. The zero-order chi connectivity index (χ0) is 9.54. The van der Waals surface area contributed by atoms with Gasteiger partial charge in [-0.3, -0.25) is 0 Å². The first-order valence-electron chi connectivity index (χ1n) is 4.82. The molecule has 1 aromatic carbocycles. The van der Waals surface area contributed by atoms with E-state index in [1.54, 1.807) is 0 Å². The zero-order valence-electron chi connectivity index (χ0n) is 7.79. The van der Waals surface area contributed by atoms with Gasteiger partial charge in [0.05, 0.1) is 0 Å². The minimum Gasteiger partial charge on any atom is -0.398 e. The molecule has 0 fully saturated rings. The van der Waals surface area contributed by atoms with E-state index in [1.807, 2.05) is 11.3 Å². The summed E-state index contributed by atoms with van der Waals surface area (Å²) in [6, 6.07) is 8.50. The van der Waals surface area contributed by atoms with Crippen LogP contribution in [0.25, 0.3) is 15.8 Å². The van der Waals surface area contributed by atoms with Crippen LogP contribution in [0, 0.1) is 0 Å². The Bertz CT molecular complexity index is 522. The Hall–Kier alpha value is -1.28. The summed E-state index contributed by atoms with van der Waals surface area (Å²) in [7, 11) is 0. The van der Waals surface area contributed by atoms with E-state index in [9.17, 15) is 0 Å². The van der Waals surface area contributed by atoms with Crippen LogP contribution in [-0.4, -0.2) is 0 Å². The summed E-state index contributed by atoms with van der Waals surface area (Å²) >= 11 is 1.88. The van der Waals surface area contributed by atoms with Crippen molar-refractivity contribution in [3.05, 3.63) is 40.8 Å². The zero-order valence-corrected chi connectivity index (χ0v) is 8.60. The Morgan fingerprint density at radius 1 is 1.21 bits per heavy atom. The van der Waals surface area contributed by atoms with E-state index in [0.29, 0.717) is 0 Å². The van der Waals surface area contributed by atoms with Crippen molar-refractivity contribution in [3.63, 3.8) is 0 Å². The Kier molecular flexibility index (Phi) is 1.64. The van der Waals surface area contributed by atoms with Crippen molar-refractivity contribution in [3.8, 4) is 0 Å². The third kappa shape index (κ3) is 1.01.